The van der Waals surface area contributed by atoms with Crippen LogP contribution in [0, 0.1) is 0 Å². The number of imidazole rings is 1. The molecule has 2 aromatic heterocycles. The van der Waals surface area contributed by atoms with Crippen molar-refractivity contribution in [2.24, 2.45) is 0 Å². The molecule has 0 aliphatic carbocycles. The van der Waals surface area contributed by atoms with Gasteiger partial charge >= 0.3 is 6.09 Å². The van der Waals surface area contributed by atoms with Crippen molar-refractivity contribution in [3.63, 3.8) is 0 Å². The maximum absolute atomic E-state index is 12.4. The molecule has 0 spiro atoms. The highest BCUT2D eigenvalue weighted by molar-refractivity contribution is 9.10. The predicted octanol–water partition coefficient (Wildman–Crippen LogP) is 3.79. The number of nitrogens with zero attached hydrogens (tertiary/aromatic N) is 3. The molecule has 0 saturated carbocycles. The van der Waals surface area contributed by atoms with E-state index in [0.717, 1.165) is 34.3 Å². The largest absolute Gasteiger partial charge is 0.444 e. The van der Waals surface area contributed by atoms with Crippen LogP contribution in [0.15, 0.2) is 16.9 Å². The minimum Gasteiger partial charge on any atom is -0.444 e. The highest BCUT2D eigenvalue weighted by atomic mass is 79.9. The molecule has 2 aromatic rings. The number of carbonyl (C=O) groups excluding carboxylic acids is 1. The van der Waals surface area contributed by atoms with Crippen LogP contribution < -0.4 is 0 Å². The van der Waals surface area contributed by atoms with Crippen molar-refractivity contribution in [2.45, 2.75) is 45.3 Å². The van der Waals surface area contributed by atoms with Crippen LogP contribution >= 0.6 is 15.9 Å². The van der Waals surface area contributed by atoms with E-state index < -0.39 is 5.60 Å². The number of rotatable bonds is 1. The lowest BCUT2D eigenvalue weighted by Gasteiger charge is -2.27. The highest BCUT2D eigenvalue weighted by Crippen LogP contribution is 2.32. The Kier molecular flexibility index (Phi) is 3.84. The van der Waals surface area contributed by atoms with E-state index in [1.165, 1.54) is 0 Å². The third kappa shape index (κ3) is 3.09. The number of halogens is 1. The van der Waals surface area contributed by atoms with Crippen molar-refractivity contribution < 1.29 is 9.53 Å². The van der Waals surface area contributed by atoms with Gasteiger partial charge in [-0.3, -0.25) is 4.90 Å². The fourth-order valence-electron chi connectivity index (χ4n) is 2.65. The Balaban J connectivity index is 1.86. The van der Waals surface area contributed by atoms with Crippen LogP contribution in [0.5, 0.6) is 0 Å². The van der Waals surface area contributed by atoms with Crippen LogP contribution in [0.2, 0.25) is 0 Å². The molecule has 7 heteroatoms. The lowest BCUT2D eigenvalue weighted by molar-refractivity contribution is 0.0219. The molecule has 1 amide bonds. The standard InChI is InChI=1S/C15H19BrN4O2/c1-15(2,3)22-14(21)20-6-4-5-11(20)13-18-9-7-12(16)17-8-10(9)19-13/h7-8,11H,4-6H2,1-3H3,(H,18,19)/t11-/m0/s1. The molecule has 3 rings (SSSR count). The predicted molar refractivity (Wildman–Crippen MR) is 86.5 cm³/mol. The molecule has 1 saturated heterocycles. The van der Waals surface area contributed by atoms with Gasteiger partial charge in [-0.1, -0.05) is 0 Å². The third-order valence-electron chi connectivity index (χ3n) is 3.55. The molecule has 0 bridgehead atoms. The molecule has 6 nitrogen and oxygen atoms in total. The van der Waals surface area contributed by atoms with Crippen LogP contribution in [0.1, 0.15) is 45.5 Å². The van der Waals surface area contributed by atoms with Crippen molar-refractivity contribution in [3.05, 3.63) is 22.7 Å². The molecule has 0 unspecified atom stereocenters. The number of fused-ring (bicyclic) bond motifs is 1. The average Bonchev–Trinajstić information content (AvgIpc) is 3.01. The Labute approximate surface area is 137 Å². The summed E-state index contributed by atoms with van der Waals surface area (Å²) in [4.78, 5) is 26.2. The van der Waals surface area contributed by atoms with Crippen molar-refractivity contribution >= 4 is 33.1 Å². The summed E-state index contributed by atoms with van der Waals surface area (Å²) in [6.45, 7) is 6.32. The zero-order chi connectivity index (χ0) is 15.9. The summed E-state index contributed by atoms with van der Waals surface area (Å²) in [7, 11) is 0. The van der Waals surface area contributed by atoms with Gasteiger partial charge in [-0.15, -0.1) is 0 Å². The van der Waals surface area contributed by atoms with Crippen molar-refractivity contribution in [1.82, 2.24) is 19.9 Å². The minimum absolute atomic E-state index is 0.0685. The van der Waals surface area contributed by atoms with Crippen LogP contribution in [-0.4, -0.2) is 38.1 Å². The zero-order valence-electron chi connectivity index (χ0n) is 12.9. The Hall–Kier alpha value is -1.63. The van der Waals surface area contributed by atoms with E-state index in [-0.39, 0.29) is 12.1 Å². The van der Waals surface area contributed by atoms with Gasteiger partial charge in [-0.05, 0) is 55.6 Å². The summed E-state index contributed by atoms with van der Waals surface area (Å²) in [5.41, 5.74) is 1.22. The van der Waals surface area contributed by atoms with E-state index in [1.54, 1.807) is 11.1 Å². The molecule has 3 heterocycles. The lowest BCUT2D eigenvalue weighted by atomic mass is 10.2. The van der Waals surface area contributed by atoms with E-state index in [1.807, 2.05) is 26.8 Å². The van der Waals surface area contributed by atoms with Gasteiger partial charge in [-0.25, -0.2) is 14.8 Å². The van der Waals surface area contributed by atoms with E-state index in [2.05, 4.69) is 30.9 Å². The van der Waals surface area contributed by atoms with Crippen LogP contribution in [0.25, 0.3) is 11.0 Å². The molecular weight excluding hydrogens is 348 g/mol. The van der Waals surface area contributed by atoms with E-state index in [0.29, 0.717) is 6.54 Å². The third-order valence-corrected chi connectivity index (χ3v) is 3.98. The number of pyridine rings is 1. The second-order valence-electron chi connectivity index (χ2n) is 6.48. The molecular formula is C15H19BrN4O2. The Morgan fingerprint density at radius 1 is 1.50 bits per heavy atom. The summed E-state index contributed by atoms with van der Waals surface area (Å²) in [6, 6.07) is 1.79. The van der Waals surface area contributed by atoms with Gasteiger partial charge in [0.2, 0.25) is 0 Å². The van der Waals surface area contributed by atoms with E-state index >= 15 is 0 Å². The Morgan fingerprint density at radius 2 is 2.27 bits per heavy atom. The number of likely N-dealkylation sites (tertiary alicyclic amines) is 1. The molecule has 22 heavy (non-hydrogen) atoms. The quantitative estimate of drug-likeness (QED) is 0.779. The van der Waals surface area contributed by atoms with E-state index in [9.17, 15) is 4.79 Å². The Morgan fingerprint density at radius 3 is 3.00 bits per heavy atom. The topological polar surface area (TPSA) is 71.1 Å². The first-order chi connectivity index (χ1) is 10.3. The maximum atomic E-state index is 12.4. The number of carbonyl (C=O) groups is 1. The Bertz CT molecular complexity index is 707. The van der Waals surface area contributed by atoms with Crippen molar-refractivity contribution in [1.29, 1.82) is 0 Å². The number of aromatic amines is 1. The van der Waals surface area contributed by atoms with Crippen LogP contribution in [-0.2, 0) is 4.74 Å². The molecule has 118 valence electrons. The number of amides is 1. The molecule has 0 radical (unpaired) electrons. The van der Waals surface area contributed by atoms with Gasteiger partial charge < -0.3 is 9.72 Å². The summed E-state index contributed by atoms with van der Waals surface area (Å²) in [6.07, 6.45) is 3.29. The number of hydrogen-bond donors (Lipinski definition) is 1. The minimum atomic E-state index is -0.493. The van der Waals surface area contributed by atoms with Crippen LogP contribution in [0.3, 0.4) is 0 Å². The number of nitrogens with one attached hydrogen (secondary N) is 1. The lowest BCUT2D eigenvalue weighted by Crippen LogP contribution is -2.36. The number of aromatic nitrogens is 3. The monoisotopic (exact) mass is 366 g/mol. The van der Waals surface area contributed by atoms with Gasteiger partial charge in [0.25, 0.3) is 0 Å². The van der Waals surface area contributed by atoms with Gasteiger partial charge in [0.05, 0.1) is 23.3 Å². The molecule has 0 aromatic carbocycles. The zero-order valence-corrected chi connectivity index (χ0v) is 14.5. The summed E-state index contributed by atoms with van der Waals surface area (Å²) < 4.78 is 6.24. The molecule has 1 aliphatic heterocycles. The summed E-state index contributed by atoms with van der Waals surface area (Å²) in [5, 5.41) is 0. The number of hydrogen-bond acceptors (Lipinski definition) is 4. The molecule has 1 atom stereocenters. The smallest absolute Gasteiger partial charge is 0.410 e. The van der Waals surface area contributed by atoms with Crippen LogP contribution in [0.4, 0.5) is 4.79 Å². The normalized spacial score (nSPS) is 18.9. The number of H-pyrrole nitrogens is 1. The summed E-state index contributed by atoms with van der Waals surface area (Å²) >= 11 is 3.34. The fraction of sp³-hybridized carbons (Fsp3) is 0.533. The first-order valence-corrected chi connectivity index (χ1v) is 8.13. The first-order valence-electron chi connectivity index (χ1n) is 7.34. The number of ether oxygens (including phenoxy) is 1. The SMILES string of the molecule is CC(C)(C)OC(=O)N1CCC[C@H]1c1nc2cc(Br)ncc2[nH]1. The molecule has 1 aliphatic rings. The maximum Gasteiger partial charge on any atom is 0.410 e. The second kappa shape index (κ2) is 5.53. The van der Waals surface area contributed by atoms with E-state index in [4.69, 9.17) is 4.74 Å². The molecule has 1 N–H and O–H groups in total. The van der Waals surface area contributed by atoms with Gasteiger partial charge in [0, 0.05) is 6.54 Å². The first kappa shape index (κ1) is 15.3. The van der Waals surface area contributed by atoms with Gasteiger partial charge in [0.15, 0.2) is 0 Å². The fourth-order valence-corrected chi connectivity index (χ4v) is 2.97. The average molecular weight is 367 g/mol. The van der Waals surface area contributed by atoms with Gasteiger partial charge in [-0.2, -0.15) is 0 Å². The van der Waals surface area contributed by atoms with Gasteiger partial charge in [0.1, 0.15) is 16.0 Å². The highest BCUT2D eigenvalue weighted by Gasteiger charge is 2.34. The van der Waals surface area contributed by atoms with Crippen molar-refractivity contribution in [2.75, 3.05) is 6.54 Å². The van der Waals surface area contributed by atoms with Crippen molar-refractivity contribution in [3.8, 4) is 0 Å². The summed E-state index contributed by atoms with van der Waals surface area (Å²) in [5.74, 6) is 0.790. The molecule has 1 fully saturated rings. The second-order valence-corrected chi connectivity index (χ2v) is 7.29.